The van der Waals surface area contributed by atoms with Crippen molar-refractivity contribution in [3.63, 3.8) is 0 Å². The number of aliphatic hydroxyl groups excluding tert-OH is 1. The minimum absolute atomic E-state index is 0.113. The first kappa shape index (κ1) is 49.7. The molecule has 0 unspecified atom stereocenters. The Balaban J connectivity index is 0.000000226. The molecule has 0 saturated heterocycles. The van der Waals surface area contributed by atoms with Gasteiger partial charge in [0.1, 0.15) is 23.0 Å². The van der Waals surface area contributed by atoms with E-state index in [1.54, 1.807) is 77.0 Å². The van der Waals surface area contributed by atoms with Gasteiger partial charge in [0.05, 0.1) is 73.7 Å². The van der Waals surface area contributed by atoms with Crippen molar-refractivity contribution >= 4 is 20.0 Å². The number of methoxy groups -OCH3 is 4. The zero-order chi connectivity index (χ0) is 47.7. The van der Waals surface area contributed by atoms with Crippen LogP contribution in [0.25, 0.3) is 0 Å². The van der Waals surface area contributed by atoms with Crippen LogP contribution in [-0.4, -0.2) is 102 Å². The van der Waals surface area contributed by atoms with Gasteiger partial charge in [-0.1, -0.05) is 89.3 Å². The van der Waals surface area contributed by atoms with Gasteiger partial charge in [-0.15, -0.1) is 10.2 Å². The topological polar surface area (TPSA) is 203 Å². The predicted molar refractivity (Wildman–Crippen MR) is 248 cm³/mol. The highest BCUT2D eigenvalue weighted by Gasteiger charge is 2.30. The summed E-state index contributed by atoms with van der Waals surface area (Å²) in [5, 5.41) is 24.3. The Morgan fingerprint density at radius 2 is 0.821 bits per heavy atom. The fourth-order valence-electron chi connectivity index (χ4n) is 6.50. The maximum absolute atomic E-state index is 13.6. The molecule has 0 bridgehead atoms. The van der Waals surface area contributed by atoms with Gasteiger partial charge in [-0.2, -0.15) is 8.61 Å². The molecule has 67 heavy (non-hydrogen) atoms. The van der Waals surface area contributed by atoms with Crippen LogP contribution in [0.5, 0.6) is 23.0 Å². The lowest BCUT2D eigenvalue weighted by molar-refractivity contribution is 0.110. The largest absolute Gasteiger partial charge is 0.497 e. The van der Waals surface area contributed by atoms with Gasteiger partial charge in [0.25, 0.3) is 20.0 Å². The van der Waals surface area contributed by atoms with Crippen LogP contribution >= 0.6 is 0 Å². The fourth-order valence-corrected chi connectivity index (χ4v) is 9.09. The van der Waals surface area contributed by atoms with Crippen molar-refractivity contribution in [2.24, 2.45) is 0 Å². The van der Waals surface area contributed by atoms with Crippen LogP contribution in [0.3, 0.4) is 0 Å². The van der Waals surface area contributed by atoms with Crippen molar-refractivity contribution in [1.29, 1.82) is 0 Å². The number of sulfonamides is 2. The summed E-state index contributed by atoms with van der Waals surface area (Å²) in [6.45, 7) is 1.83. The third-order valence-electron chi connectivity index (χ3n) is 10.2. The van der Waals surface area contributed by atoms with Gasteiger partial charge < -0.3 is 28.8 Å². The Kier molecular flexibility index (Phi) is 18.0. The third kappa shape index (κ3) is 14.2. The molecule has 7 aromatic rings. The van der Waals surface area contributed by atoms with Crippen molar-refractivity contribution in [1.82, 2.24) is 38.6 Å². The smallest absolute Gasteiger partial charge is 0.264 e. The van der Waals surface area contributed by atoms with E-state index in [2.05, 4.69) is 20.6 Å². The number of hydrogen-bond acceptors (Lipinski definition) is 14. The molecule has 354 valence electrons. The zero-order valence-corrected chi connectivity index (χ0v) is 39.3. The Morgan fingerprint density at radius 3 is 1.15 bits per heavy atom. The van der Waals surface area contributed by atoms with Crippen molar-refractivity contribution in [3.8, 4) is 23.0 Å². The minimum atomic E-state index is -3.95. The van der Waals surface area contributed by atoms with E-state index in [1.807, 2.05) is 78.9 Å². The maximum atomic E-state index is 13.6. The molecule has 1 N–H and O–H groups in total. The summed E-state index contributed by atoms with van der Waals surface area (Å²) in [5.41, 5.74) is 4.31. The first-order valence-electron chi connectivity index (χ1n) is 21.0. The Hall–Kier alpha value is -6.68. The summed E-state index contributed by atoms with van der Waals surface area (Å²) >= 11 is 0. The minimum Gasteiger partial charge on any atom is -0.497 e. The van der Waals surface area contributed by atoms with Crippen LogP contribution in [0.4, 0.5) is 0 Å². The lowest BCUT2D eigenvalue weighted by atomic mass is 10.2. The lowest BCUT2D eigenvalue weighted by Crippen LogP contribution is -2.30. The molecule has 0 radical (unpaired) electrons. The Bertz CT molecular complexity index is 2690. The molecule has 0 atom stereocenters. The average Bonchev–Trinajstić information content (AvgIpc) is 4.06. The normalized spacial score (nSPS) is 11.6. The molecule has 5 aromatic carbocycles. The Labute approximate surface area is 391 Å². The van der Waals surface area contributed by atoms with E-state index >= 15 is 0 Å². The zero-order valence-electron chi connectivity index (χ0n) is 37.7. The number of nitrogens with zero attached hydrogens (tertiary/aromatic N) is 8. The molecule has 0 aliphatic carbocycles. The lowest BCUT2D eigenvalue weighted by Gasteiger charge is -2.21. The third-order valence-corrected chi connectivity index (χ3v) is 13.5. The van der Waals surface area contributed by atoms with Crippen molar-refractivity contribution < 1.29 is 45.6 Å². The van der Waals surface area contributed by atoms with Gasteiger partial charge in [-0.3, -0.25) is 0 Å². The molecule has 0 saturated carbocycles. The van der Waals surface area contributed by atoms with Gasteiger partial charge in [-0.05, 0) is 76.3 Å². The molecular formula is C47H54N8O10S2. The van der Waals surface area contributed by atoms with Gasteiger partial charge >= 0.3 is 0 Å². The van der Waals surface area contributed by atoms with Crippen LogP contribution in [0, 0.1) is 0 Å². The standard InChI is InChI=1S/C27H30N4O5S.C20H24N4O5S/c1-34-25-12-8-22(9-13-25)18-31(19-23-10-14-26(35-2)15-11-23)37(32,33)27-20-30(29-28-27)16-17-36-21-24-6-4-3-5-7-24;1-28-18-7-3-16(4-8-18)13-24(14-17-5-9-19(29-2)10-6-17)30(26,27)20-15-23(11-12-25)22-21-20/h3-15,20H,16-19,21H2,1-2H3;3-10,15,25H,11-14H2,1-2H3. The van der Waals surface area contributed by atoms with Crippen molar-refractivity contribution in [2.45, 2.75) is 55.9 Å². The first-order valence-corrected chi connectivity index (χ1v) is 23.9. The molecular weight excluding hydrogens is 901 g/mol. The average molecular weight is 955 g/mol. The number of aliphatic hydroxyl groups is 1. The van der Waals surface area contributed by atoms with Crippen LogP contribution in [-0.2, 0) is 70.7 Å². The molecule has 0 fully saturated rings. The second kappa shape index (κ2) is 24.2. The highest BCUT2D eigenvalue weighted by molar-refractivity contribution is 7.89. The Morgan fingerprint density at radius 1 is 0.478 bits per heavy atom. The van der Waals surface area contributed by atoms with E-state index in [9.17, 15) is 16.8 Å². The highest BCUT2D eigenvalue weighted by atomic mass is 32.2. The number of benzene rings is 5. The van der Waals surface area contributed by atoms with E-state index in [4.69, 9.17) is 28.8 Å². The maximum Gasteiger partial charge on any atom is 0.264 e. The summed E-state index contributed by atoms with van der Waals surface area (Å²) in [6, 6.07) is 38.8. The molecule has 0 amide bonds. The summed E-state index contributed by atoms with van der Waals surface area (Å²) in [7, 11) is -1.55. The van der Waals surface area contributed by atoms with Crippen molar-refractivity contribution in [2.75, 3.05) is 41.7 Å². The molecule has 7 rings (SSSR count). The SMILES string of the molecule is COc1ccc(CN(Cc2ccc(OC)cc2)S(=O)(=O)c2cn(CCO)nn2)cc1.COc1ccc(CN(Cc2ccc(OC)cc2)S(=O)(=O)c2cn(CCOCc3ccccc3)nn2)cc1. The summed E-state index contributed by atoms with van der Waals surface area (Å²) in [5.74, 6) is 2.78. The van der Waals surface area contributed by atoms with Crippen LogP contribution in [0.15, 0.2) is 150 Å². The molecule has 18 nitrogen and oxygen atoms in total. The van der Waals surface area contributed by atoms with Gasteiger partial charge in [0.2, 0.25) is 10.1 Å². The summed E-state index contributed by atoms with van der Waals surface area (Å²) in [6.07, 6.45) is 2.76. The fraction of sp³-hybridized carbons (Fsp3) is 0.277. The van der Waals surface area contributed by atoms with Crippen LogP contribution in [0.1, 0.15) is 27.8 Å². The van der Waals surface area contributed by atoms with Gasteiger partial charge in [0, 0.05) is 26.2 Å². The van der Waals surface area contributed by atoms with E-state index in [1.165, 1.54) is 30.4 Å². The number of ether oxygens (including phenoxy) is 5. The van der Waals surface area contributed by atoms with E-state index in [0.717, 1.165) is 27.8 Å². The first-order chi connectivity index (χ1) is 32.4. The highest BCUT2D eigenvalue weighted by Crippen LogP contribution is 2.24. The number of hydrogen-bond donors (Lipinski definition) is 1. The molecule has 2 aromatic heterocycles. The summed E-state index contributed by atoms with van der Waals surface area (Å²) in [4.78, 5) is 0. The van der Waals surface area contributed by atoms with E-state index < -0.39 is 20.0 Å². The van der Waals surface area contributed by atoms with Crippen LogP contribution < -0.4 is 18.9 Å². The molecule has 0 aliphatic heterocycles. The molecule has 0 aliphatic rings. The van der Waals surface area contributed by atoms with Crippen LogP contribution in [0.2, 0.25) is 0 Å². The quantitative estimate of drug-likeness (QED) is 0.0779. The van der Waals surface area contributed by atoms with E-state index in [-0.39, 0.29) is 49.4 Å². The van der Waals surface area contributed by atoms with Crippen molar-refractivity contribution in [3.05, 3.63) is 168 Å². The van der Waals surface area contributed by atoms with Gasteiger partial charge in [-0.25, -0.2) is 26.2 Å². The second-order valence-corrected chi connectivity index (χ2v) is 18.6. The summed E-state index contributed by atoms with van der Waals surface area (Å²) < 4.78 is 85.9. The monoisotopic (exact) mass is 954 g/mol. The number of aromatic nitrogens is 6. The van der Waals surface area contributed by atoms with Gasteiger partial charge in [0.15, 0.2) is 0 Å². The molecule has 20 heteroatoms. The van der Waals surface area contributed by atoms with E-state index in [0.29, 0.717) is 42.8 Å². The number of rotatable bonds is 23. The molecule has 0 spiro atoms. The molecule has 2 heterocycles. The second-order valence-electron chi connectivity index (χ2n) is 14.8. The predicted octanol–water partition coefficient (Wildman–Crippen LogP) is 5.58.